The molecule has 11 heteroatoms. The van der Waals surface area contributed by atoms with Gasteiger partial charge in [0.05, 0.1) is 28.8 Å². The molecular weight excluding hydrogens is 439 g/mol. The highest BCUT2D eigenvalue weighted by atomic mass is 35.5. The summed E-state index contributed by atoms with van der Waals surface area (Å²) in [7, 11) is 0. The molecule has 0 saturated carbocycles. The third kappa shape index (κ3) is 3.40. The van der Waals surface area contributed by atoms with Crippen LogP contribution in [0.4, 0.5) is 15.0 Å². The van der Waals surface area contributed by atoms with E-state index in [1.54, 1.807) is 17.7 Å². The Labute approximate surface area is 188 Å². The molecule has 1 aliphatic rings. The average Bonchev–Trinajstić information content (AvgIpc) is 3.11. The molecule has 3 N–H and O–H groups in total. The summed E-state index contributed by atoms with van der Waals surface area (Å²) in [6.07, 6.45) is 1.86. The van der Waals surface area contributed by atoms with E-state index in [2.05, 4.69) is 21.6 Å². The van der Waals surface area contributed by atoms with E-state index < -0.39 is 18.0 Å². The molecular formula is C21H22ClFN6O3. The number of nitrogen functional groups attached to an aromatic ring is 1. The maximum absolute atomic E-state index is 15.1. The van der Waals surface area contributed by atoms with Crippen molar-refractivity contribution < 1.29 is 19.0 Å². The van der Waals surface area contributed by atoms with Gasteiger partial charge in [-0.1, -0.05) is 18.2 Å². The van der Waals surface area contributed by atoms with E-state index in [9.17, 15) is 4.79 Å². The molecule has 32 heavy (non-hydrogen) atoms. The van der Waals surface area contributed by atoms with Crippen molar-refractivity contribution in [2.45, 2.75) is 25.8 Å². The van der Waals surface area contributed by atoms with Gasteiger partial charge in [-0.15, -0.1) is 0 Å². The summed E-state index contributed by atoms with van der Waals surface area (Å²) in [5.41, 5.74) is 7.91. The van der Waals surface area contributed by atoms with Crippen molar-refractivity contribution >= 4 is 40.6 Å². The Balaban J connectivity index is 1.87. The van der Waals surface area contributed by atoms with Gasteiger partial charge in [-0.2, -0.15) is 5.10 Å². The van der Waals surface area contributed by atoms with E-state index in [0.717, 1.165) is 0 Å². The van der Waals surface area contributed by atoms with Gasteiger partial charge >= 0.3 is 6.09 Å². The van der Waals surface area contributed by atoms with Crippen LogP contribution < -0.4 is 10.5 Å². The quantitative estimate of drug-likeness (QED) is 0.571. The highest BCUT2D eigenvalue weighted by Crippen LogP contribution is 2.43. The van der Waals surface area contributed by atoms with Crippen molar-refractivity contribution in [1.29, 1.82) is 0 Å². The summed E-state index contributed by atoms with van der Waals surface area (Å²) >= 11 is 6.27. The van der Waals surface area contributed by atoms with Crippen LogP contribution >= 0.6 is 11.6 Å². The molecule has 0 spiro atoms. The van der Waals surface area contributed by atoms with Gasteiger partial charge in [0.1, 0.15) is 23.7 Å². The molecule has 1 aromatic carbocycles. The van der Waals surface area contributed by atoms with Gasteiger partial charge < -0.3 is 20.5 Å². The Morgan fingerprint density at radius 3 is 2.84 bits per heavy atom. The minimum atomic E-state index is -1.05. The second kappa shape index (κ2) is 8.27. The standard InChI is InChI=1S/C21H22ClFN6O3/c1-4-14-16-19(24)25-9-26-20(16)29(27-14)10(3)12-6-13(22)17(23)15(18(12)32-5-2)11-7-28(8-11)21(30)31/h4,6,9-11H,1,5,7-8H2,2-3H3,(H,30,31)(H2,24,25,26). The second-order valence-corrected chi connectivity index (χ2v) is 7.90. The fourth-order valence-electron chi connectivity index (χ4n) is 4.01. The number of anilines is 1. The van der Waals surface area contributed by atoms with E-state index in [0.29, 0.717) is 28.0 Å². The average molecular weight is 461 g/mol. The molecule has 3 heterocycles. The second-order valence-electron chi connectivity index (χ2n) is 7.49. The highest BCUT2D eigenvalue weighted by molar-refractivity contribution is 6.31. The molecule has 3 aromatic rings. The molecule has 0 aliphatic carbocycles. The van der Waals surface area contributed by atoms with Gasteiger partial charge in [0.15, 0.2) is 5.65 Å². The Morgan fingerprint density at radius 2 is 2.22 bits per heavy atom. The van der Waals surface area contributed by atoms with E-state index in [1.165, 1.54) is 17.3 Å². The number of halogens is 2. The van der Waals surface area contributed by atoms with Gasteiger partial charge in [0.2, 0.25) is 0 Å². The first-order chi connectivity index (χ1) is 15.3. The molecule has 168 valence electrons. The van der Waals surface area contributed by atoms with Gasteiger partial charge in [-0.3, -0.25) is 0 Å². The molecule has 9 nitrogen and oxygen atoms in total. The van der Waals surface area contributed by atoms with Crippen LogP contribution in [0.5, 0.6) is 5.75 Å². The van der Waals surface area contributed by atoms with E-state index in [4.69, 9.17) is 27.2 Å². The number of nitrogens with two attached hydrogens (primary N) is 1. The van der Waals surface area contributed by atoms with Gasteiger partial charge in [-0.05, 0) is 26.0 Å². The summed E-state index contributed by atoms with van der Waals surface area (Å²) in [4.78, 5) is 20.8. The number of amides is 1. The van der Waals surface area contributed by atoms with Crippen LogP contribution in [0.25, 0.3) is 17.1 Å². The summed E-state index contributed by atoms with van der Waals surface area (Å²) in [6, 6.07) is 1.05. The third-order valence-electron chi connectivity index (χ3n) is 5.64. The van der Waals surface area contributed by atoms with E-state index >= 15 is 4.39 Å². The minimum absolute atomic E-state index is 0.0753. The van der Waals surface area contributed by atoms with Crippen molar-refractivity contribution in [3.05, 3.63) is 46.6 Å². The van der Waals surface area contributed by atoms with Gasteiger partial charge in [-0.25, -0.2) is 23.8 Å². The Bertz CT molecular complexity index is 1220. The zero-order chi connectivity index (χ0) is 23.2. The molecule has 1 saturated heterocycles. The van der Waals surface area contributed by atoms with E-state index in [-0.39, 0.29) is 42.0 Å². The van der Waals surface area contributed by atoms with Crippen molar-refractivity contribution in [2.75, 3.05) is 25.4 Å². The first-order valence-electron chi connectivity index (χ1n) is 10.0. The third-order valence-corrected chi connectivity index (χ3v) is 5.91. The fourth-order valence-corrected chi connectivity index (χ4v) is 4.23. The van der Waals surface area contributed by atoms with Crippen LogP contribution in [0.2, 0.25) is 5.02 Å². The number of ether oxygens (including phenoxy) is 1. The molecule has 1 aliphatic heterocycles. The molecule has 0 bridgehead atoms. The number of hydrogen-bond acceptors (Lipinski definition) is 6. The van der Waals surface area contributed by atoms with Crippen LogP contribution in [-0.2, 0) is 0 Å². The predicted octanol–water partition coefficient (Wildman–Crippen LogP) is 3.93. The number of carboxylic acid groups (broad SMARTS) is 1. The minimum Gasteiger partial charge on any atom is -0.493 e. The van der Waals surface area contributed by atoms with Crippen LogP contribution in [0.15, 0.2) is 19.0 Å². The zero-order valence-corrected chi connectivity index (χ0v) is 18.3. The molecule has 1 amide bonds. The van der Waals surface area contributed by atoms with Crippen LogP contribution in [-0.4, -0.2) is 55.5 Å². The van der Waals surface area contributed by atoms with Crippen LogP contribution in [0.3, 0.4) is 0 Å². The van der Waals surface area contributed by atoms with Gasteiger partial charge in [0, 0.05) is 30.1 Å². The number of aromatic nitrogens is 4. The molecule has 1 atom stereocenters. The van der Waals surface area contributed by atoms with Crippen LogP contribution in [0.1, 0.15) is 42.6 Å². The lowest BCUT2D eigenvalue weighted by Crippen LogP contribution is -2.48. The van der Waals surface area contributed by atoms with Crippen molar-refractivity contribution in [3.8, 4) is 5.75 Å². The number of hydrogen-bond donors (Lipinski definition) is 2. The Morgan fingerprint density at radius 1 is 1.50 bits per heavy atom. The molecule has 1 unspecified atom stereocenters. The number of carbonyl (C=O) groups is 1. The van der Waals surface area contributed by atoms with E-state index in [1.807, 2.05) is 6.92 Å². The van der Waals surface area contributed by atoms with Gasteiger partial charge in [0.25, 0.3) is 0 Å². The molecule has 0 radical (unpaired) electrons. The lowest BCUT2D eigenvalue weighted by molar-refractivity contribution is 0.103. The lowest BCUT2D eigenvalue weighted by atomic mass is 9.88. The first kappa shape index (κ1) is 21.8. The Hall–Kier alpha value is -3.40. The normalized spacial score (nSPS) is 14.9. The van der Waals surface area contributed by atoms with Crippen molar-refractivity contribution in [3.63, 3.8) is 0 Å². The Kier molecular flexibility index (Phi) is 5.64. The largest absolute Gasteiger partial charge is 0.493 e. The zero-order valence-electron chi connectivity index (χ0n) is 17.5. The SMILES string of the molecule is C=Cc1nn(C(C)c2cc(Cl)c(F)c(C3CN(C(=O)O)C3)c2OCC)c2ncnc(N)c12. The molecule has 2 aromatic heterocycles. The first-order valence-corrected chi connectivity index (χ1v) is 10.4. The maximum Gasteiger partial charge on any atom is 0.407 e. The molecule has 1 fully saturated rings. The monoisotopic (exact) mass is 460 g/mol. The number of benzene rings is 1. The maximum atomic E-state index is 15.1. The lowest BCUT2D eigenvalue weighted by Gasteiger charge is -2.38. The highest BCUT2D eigenvalue weighted by Gasteiger charge is 2.38. The fraction of sp³-hybridized carbons (Fsp3) is 0.333. The summed E-state index contributed by atoms with van der Waals surface area (Å²) < 4.78 is 22.7. The summed E-state index contributed by atoms with van der Waals surface area (Å²) in [5.74, 6) is -0.365. The molecule has 4 rings (SSSR count). The number of nitrogens with zero attached hydrogens (tertiary/aromatic N) is 5. The number of likely N-dealkylation sites (tertiary alicyclic amines) is 1. The topological polar surface area (TPSA) is 119 Å². The predicted molar refractivity (Wildman–Crippen MR) is 119 cm³/mol. The number of rotatable bonds is 6. The number of fused-ring (bicyclic) bond motifs is 1. The summed E-state index contributed by atoms with van der Waals surface area (Å²) in [5, 5.41) is 14.2. The smallest absolute Gasteiger partial charge is 0.407 e. The van der Waals surface area contributed by atoms with Crippen LogP contribution in [0, 0.1) is 5.82 Å². The summed E-state index contributed by atoms with van der Waals surface area (Å²) in [6.45, 7) is 8.05. The van der Waals surface area contributed by atoms with Crippen molar-refractivity contribution in [1.82, 2.24) is 24.6 Å². The van der Waals surface area contributed by atoms with Crippen molar-refractivity contribution in [2.24, 2.45) is 0 Å².